The van der Waals surface area contributed by atoms with Gasteiger partial charge in [0, 0.05) is 36.2 Å². The van der Waals surface area contributed by atoms with E-state index in [0.717, 1.165) is 30.8 Å². The molecule has 0 atom stereocenters. The summed E-state index contributed by atoms with van der Waals surface area (Å²) in [6, 6.07) is 10.6. The van der Waals surface area contributed by atoms with Gasteiger partial charge in [-0.05, 0) is 46.8 Å². The second-order valence-electron chi connectivity index (χ2n) is 6.43. The van der Waals surface area contributed by atoms with Crippen molar-refractivity contribution < 1.29 is 0 Å². The molecule has 0 saturated heterocycles. The highest BCUT2D eigenvalue weighted by Gasteiger charge is 2.13. The number of benzene rings is 1. The van der Waals surface area contributed by atoms with Crippen molar-refractivity contribution in [1.82, 2.24) is 10.3 Å². The molecule has 1 N–H and O–H groups in total. The quantitative estimate of drug-likeness (QED) is 0.901. The standard InChI is InChI=1S/C18H27N3/c1-6-21(7-2)17-12-14(13-19-18(3,4)5)20-16-11-9-8-10-15(16)17/h8-12,19H,6-7,13H2,1-5H3. The first-order valence-electron chi connectivity index (χ1n) is 7.83. The van der Waals surface area contributed by atoms with Crippen LogP contribution in [0.2, 0.25) is 0 Å². The summed E-state index contributed by atoms with van der Waals surface area (Å²) in [7, 11) is 0. The molecule has 1 aromatic carbocycles. The minimum Gasteiger partial charge on any atom is -0.371 e. The van der Waals surface area contributed by atoms with Crippen LogP contribution in [0.3, 0.4) is 0 Å². The van der Waals surface area contributed by atoms with Crippen molar-refractivity contribution in [1.29, 1.82) is 0 Å². The maximum atomic E-state index is 4.80. The Morgan fingerprint density at radius 1 is 1.10 bits per heavy atom. The van der Waals surface area contributed by atoms with Crippen LogP contribution >= 0.6 is 0 Å². The lowest BCUT2D eigenvalue weighted by atomic mass is 10.1. The van der Waals surface area contributed by atoms with Crippen LogP contribution in [-0.4, -0.2) is 23.6 Å². The fourth-order valence-corrected chi connectivity index (χ4v) is 2.48. The van der Waals surface area contributed by atoms with Gasteiger partial charge >= 0.3 is 0 Å². The number of pyridine rings is 1. The van der Waals surface area contributed by atoms with E-state index in [-0.39, 0.29) is 5.54 Å². The fourth-order valence-electron chi connectivity index (χ4n) is 2.48. The molecule has 0 amide bonds. The highest BCUT2D eigenvalue weighted by atomic mass is 15.1. The van der Waals surface area contributed by atoms with Crippen molar-refractivity contribution in [3.63, 3.8) is 0 Å². The van der Waals surface area contributed by atoms with Gasteiger partial charge in [-0.15, -0.1) is 0 Å². The molecule has 114 valence electrons. The lowest BCUT2D eigenvalue weighted by Gasteiger charge is -2.25. The number of rotatable bonds is 5. The van der Waals surface area contributed by atoms with Gasteiger partial charge in [0.1, 0.15) is 0 Å². The van der Waals surface area contributed by atoms with Crippen LogP contribution in [0, 0.1) is 0 Å². The van der Waals surface area contributed by atoms with Gasteiger partial charge in [0.2, 0.25) is 0 Å². The lowest BCUT2D eigenvalue weighted by Crippen LogP contribution is -2.35. The van der Waals surface area contributed by atoms with Crippen molar-refractivity contribution in [2.24, 2.45) is 0 Å². The number of fused-ring (bicyclic) bond motifs is 1. The van der Waals surface area contributed by atoms with Gasteiger partial charge in [0.15, 0.2) is 0 Å². The first-order chi connectivity index (χ1) is 9.94. The molecule has 3 heteroatoms. The maximum Gasteiger partial charge on any atom is 0.0726 e. The average molecular weight is 285 g/mol. The van der Waals surface area contributed by atoms with E-state index in [1.165, 1.54) is 11.1 Å². The zero-order chi connectivity index (χ0) is 15.5. The van der Waals surface area contributed by atoms with Crippen LogP contribution < -0.4 is 10.2 Å². The molecule has 0 saturated carbocycles. The Morgan fingerprint density at radius 2 is 1.76 bits per heavy atom. The van der Waals surface area contributed by atoms with Gasteiger partial charge in [-0.25, -0.2) is 0 Å². The molecule has 2 rings (SSSR count). The summed E-state index contributed by atoms with van der Waals surface area (Å²) in [5, 5.41) is 4.76. The predicted octanol–water partition coefficient (Wildman–Crippen LogP) is 3.97. The van der Waals surface area contributed by atoms with E-state index in [2.05, 4.69) is 75.2 Å². The third-order valence-electron chi connectivity index (χ3n) is 3.65. The smallest absolute Gasteiger partial charge is 0.0726 e. The van der Waals surface area contributed by atoms with Crippen LogP contribution in [0.15, 0.2) is 30.3 Å². The summed E-state index contributed by atoms with van der Waals surface area (Å²) < 4.78 is 0. The van der Waals surface area contributed by atoms with Gasteiger partial charge in [-0.2, -0.15) is 0 Å². The average Bonchev–Trinajstić information content (AvgIpc) is 2.45. The Morgan fingerprint density at radius 3 is 2.38 bits per heavy atom. The van der Waals surface area contributed by atoms with Crippen LogP contribution in [0.1, 0.15) is 40.3 Å². The second-order valence-corrected chi connectivity index (χ2v) is 6.43. The SMILES string of the molecule is CCN(CC)c1cc(CNC(C)(C)C)nc2ccccc12. The third kappa shape index (κ3) is 3.94. The fraction of sp³-hybridized carbons (Fsp3) is 0.500. The molecule has 0 fully saturated rings. The largest absolute Gasteiger partial charge is 0.371 e. The number of para-hydroxylation sites is 1. The number of hydrogen-bond acceptors (Lipinski definition) is 3. The van der Waals surface area contributed by atoms with Gasteiger partial charge in [-0.3, -0.25) is 4.98 Å². The predicted molar refractivity (Wildman–Crippen MR) is 91.9 cm³/mol. The minimum absolute atomic E-state index is 0.0999. The molecule has 2 aromatic rings. The number of hydrogen-bond donors (Lipinski definition) is 1. The van der Waals surface area contributed by atoms with Crippen molar-refractivity contribution in [2.45, 2.75) is 46.7 Å². The normalized spacial score (nSPS) is 11.9. The van der Waals surface area contributed by atoms with Crippen LogP contribution in [-0.2, 0) is 6.54 Å². The number of aromatic nitrogens is 1. The summed E-state index contributed by atoms with van der Waals surface area (Å²) in [6.45, 7) is 13.8. The maximum absolute atomic E-state index is 4.80. The first-order valence-corrected chi connectivity index (χ1v) is 7.83. The molecule has 21 heavy (non-hydrogen) atoms. The number of nitrogens with zero attached hydrogens (tertiary/aromatic N) is 2. The van der Waals surface area contributed by atoms with E-state index < -0.39 is 0 Å². The summed E-state index contributed by atoms with van der Waals surface area (Å²) in [5.74, 6) is 0. The van der Waals surface area contributed by atoms with E-state index in [9.17, 15) is 0 Å². The van der Waals surface area contributed by atoms with Crippen molar-refractivity contribution in [2.75, 3.05) is 18.0 Å². The minimum atomic E-state index is 0.0999. The molecule has 0 spiro atoms. The van der Waals surface area contributed by atoms with Crippen molar-refractivity contribution in [3.05, 3.63) is 36.0 Å². The zero-order valence-corrected chi connectivity index (χ0v) is 13.9. The number of anilines is 1. The van der Waals surface area contributed by atoms with E-state index in [1.54, 1.807) is 0 Å². The molecular weight excluding hydrogens is 258 g/mol. The van der Waals surface area contributed by atoms with Crippen LogP contribution in [0.5, 0.6) is 0 Å². The zero-order valence-electron chi connectivity index (χ0n) is 13.9. The molecule has 0 radical (unpaired) electrons. The molecule has 0 aliphatic carbocycles. The Labute approximate surface area is 128 Å². The molecule has 0 unspecified atom stereocenters. The summed E-state index contributed by atoms with van der Waals surface area (Å²) in [5.41, 5.74) is 3.57. The molecule has 1 aromatic heterocycles. The summed E-state index contributed by atoms with van der Waals surface area (Å²) in [4.78, 5) is 7.19. The van der Waals surface area contributed by atoms with Gasteiger partial charge < -0.3 is 10.2 Å². The van der Waals surface area contributed by atoms with Gasteiger partial charge in [-0.1, -0.05) is 18.2 Å². The summed E-state index contributed by atoms with van der Waals surface area (Å²) >= 11 is 0. The monoisotopic (exact) mass is 285 g/mol. The van der Waals surface area contributed by atoms with E-state index in [4.69, 9.17) is 4.98 Å². The lowest BCUT2D eigenvalue weighted by molar-refractivity contribution is 0.421. The Kier molecular flexibility index (Phi) is 4.84. The second kappa shape index (κ2) is 6.44. The topological polar surface area (TPSA) is 28.2 Å². The van der Waals surface area contributed by atoms with Crippen LogP contribution in [0.4, 0.5) is 5.69 Å². The highest BCUT2D eigenvalue weighted by molar-refractivity contribution is 5.91. The van der Waals surface area contributed by atoms with E-state index in [1.807, 2.05) is 0 Å². The molecule has 1 heterocycles. The third-order valence-corrected chi connectivity index (χ3v) is 3.65. The Bertz CT molecular complexity index is 595. The number of nitrogens with one attached hydrogen (secondary N) is 1. The van der Waals surface area contributed by atoms with Gasteiger partial charge in [0.25, 0.3) is 0 Å². The summed E-state index contributed by atoms with van der Waals surface area (Å²) in [6.07, 6.45) is 0. The van der Waals surface area contributed by atoms with Crippen molar-refractivity contribution in [3.8, 4) is 0 Å². The van der Waals surface area contributed by atoms with Gasteiger partial charge in [0.05, 0.1) is 11.2 Å². The molecule has 0 bridgehead atoms. The van der Waals surface area contributed by atoms with E-state index >= 15 is 0 Å². The highest BCUT2D eigenvalue weighted by Crippen LogP contribution is 2.26. The first kappa shape index (κ1) is 15.8. The Hall–Kier alpha value is -1.61. The van der Waals surface area contributed by atoms with E-state index in [0.29, 0.717) is 0 Å². The molecule has 3 nitrogen and oxygen atoms in total. The molecule has 0 aliphatic heterocycles. The molecular formula is C18H27N3. The van der Waals surface area contributed by atoms with Crippen LogP contribution in [0.25, 0.3) is 10.9 Å². The van der Waals surface area contributed by atoms with Crippen molar-refractivity contribution >= 4 is 16.6 Å². The Balaban J connectivity index is 2.44. The molecule has 0 aliphatic rings.